The van der Waals surface area contributed by atoms with Crippen molar-refractivity contribution in [1.29, 1.82) is 0 Å². The van der Waals surface area contributed by atoms with E-state index in [-0.39, 0.29) is 18.1 Å². The number of ether oxygens (including phenoxy) is 2. The van der Waals surface area contributed by atoms with Gasteiger partial charge >= 0.3 is 6.18 Å². The standard InChI is InChI=1S/C13H18F3NO3/c1-17(5-6-18)8-10-3-4-11(12(7-10)19-2)20-9-13(14,15)16/h3-4,7,18H,5-6,8-9H2,1-2H3. The summed E-state index contributed by atoms with van der Waals surface area (Å²) < 4.78 is 46.1. The van der Waals surface area contributed by atoms with Crippen LogP contribution in [0.2, 0.25) is 0 Å². The molecule has 114 valence electrons. The molecule has 0 heterocycles. The molecule has 0 bridgehead atoms. The van der Waals surface area contributed by atoms with Gasteiger partial charge in [-0.3, -0.25) is 4.90 Å². The van der Waals surface area contributed by atoms with Crippen molar-refractivity contribution < 1.29 is 27.8 Å². The Morgan fingerprint density at radius 3 is 2.50 bits per heavy atom. The molecule has 0 unspecified atom stereocenters. The van der Waals surface area contributed by atoms with Crippen molar-refractivity contribution in [1.82, 2.24) is 4.90 Å². The van der Waals surface area contributed by atoms with Crippen LogP contribution in [-0.4, -0.2) is 50.1 Å². The average Bonchev–Trinajstić information content (AvgIpc) is 2.36. The zero-order valence-corrected chi connectivity index (χ0v) is 11.4. The smallest absolute Gasteiger partial charge is 0.422 e. The molecular formula is C13H18F3NO3. The number of rotatable bonds is 7. The third-order valence-electron chi connectivity index (χ3n) is 2.55. The third kappa shape index (κ3) is 5.66. The van der Waals surface area contributed by atoms with Crippen molar-refractivity contribution >= 4 is 0 Å². The van der Waals surface area contributed by atoms with E-state index < -0.39 is 12.8 Å². The second kappa shape index (κ2) is 7.35. The largest absolute Gasteiger partial charge is 0.493 e. The number of hydrogen-bond acceptors (Lipinski definition) is 4. The van der Waals surface area contributed by atoms with Crippen LogP contribution in [0.15, 0.2) is 18.2 Å². The summed E-state index contributed by atoms with van der Waals surface area (Å²) in [4.78, 5) is 1.88. The Morgan fingerprint density at radius 2 is 1.95 bits per heavy atom. The molecular weight excluding hydrogens is 275 g/mol. The van der Waals surface area contributed by atoms with E-state index in [4.69, 9.17) is 14.6 Å². The molecule has 0 atom stereocenters. The Labute approximate surface area is 115 Å². The first-order chi connectivity index (χ1) is 9.35. The third-order valence-corrected chi connectivity index (χ3v) is 2.55. The van der Waals surface area contributed by atoms with E-state index in [1.807, 2.05) is 11.9 Å². The number of nitrogens with zero attached hydrogens (tertiary/aromatic N) is 1. The van der Waals surface area contributed by atoms with Crippen molar-refractivity contribution in [2.75, 3.05) is 33.9 Å². The first kappa shape index (κ1) is 16.6. The van der Waals surface area contributed by atoms with E-state index in [1.54, 1.807) is 12.1 Å². The van der Waals surface area contributed by atoms with Gasteiger partial charge in [0.15, 0.2) is 18.1 Å². The quantitative estimate of drug-likeness (QED) is 0.835. The summed E-state index contributed by atoms with van der Waals surface area (Å²) >= 11 is 0. The molecule has 0 spiro atoms. The van der Waals surface area contributed by atoms with Crippen molar-refractivity contribution in [2.24, 2.45) is 0 Å². The molecule has 7 heteroatoms. The van der Waals surface area contributed by atoms with E-state index >= 15 is 0 Å². The van der Waals surface area contributed by atoms with Crippen molar-refractivity contribution in [3.63, 3.8) is 0 Å². The van der Waals surface area contributed by atoms with Crippen LogP contribution < -0.4 is 9.47 Å². The lowest BCUT2D eigenvalue weighted by Crippen LogP contribution is -2.21. The van der Waals surface area contributed by atoms with Gasteiger partial charge < -0.3 is 14.6 Å². The van der Waals surface area contributed by atoms with Gasteiger partial charge in [-0.2, -0.15) is 13.2 Å². The maximum absolute atomic E-state index is 12.1. The zero-order valence-electron chi connectivity index (χ0n) is 11.4. The monoisotopic (exact) mass is 293 g/mol. The van der Waals surface area contributed by atoms with Gasteiger partial charge in [0.05, 0.1) is 13.7 Å². The molecule has 0 saturated carbocycles. The molecule has 0 aliphatic carbocycles. The molecule has 1 N–H and O–H groups in total. The molecule has 1 aromatic carbocycles. The van der Waals surface area contributed by atoms with Crippen LogP contribution in [0.1, 0.15) is 5.56 Å². The van der Waals surface area contributed by atoms with Crippen molar-refractivity contribution in [2.45, 2.75) is 12.7 Å². The first-order valence-electron chi connectivity index (χ1n) is 6.01. The second-order valence-corrected chi connectivity index (χ2v) is 4.35. The first-order valence-corrected chi connectivity index (χ1v) is 6.01. The summed E-state index contributed by atoms with van der Waals surface area (Å²) in [6.45, 7) is -0.251. The summed E-state index contributed by atoms with van der Waals surface area (Å²) in [6.07, 6.45) is -4.38. The van der Waals surface area contributed by atoms with E-state index in [1.165, 1.54) is 13.2 Å². The Kier molecular flexibility index (Phi) is 6.09. The van der Waals surface area contributed by atoms with Gasteiger partial charge in [0.2, 0.25) is 0 Å². The molecule has 0 aromatic heterocycles. The lowest BCUT2D eigenvalue weighted by Gasteiger charge is -2.17. The average molecular weight is 293 g/mol. The Balaban J connectivity index is 2.74. The van der Waals surface area contributed by atoms with Gasteiger partial charge in [-0.15, -0.1) is 0 Å². The Morgan fingerprint density at radius 1 is 1.25 bits per heavy atom. The molecule has 0 aliphatic heterocycles. The zero-order chi connectivity index (χ0) is 15.2. The fourth-order valence-electron chi connectivity index (χ4n) is 1.65. The number of halogens is 3. The van der Waals surface area contributed by atoms with Gasteiger partial charge in [-0.1, -0.05) is 6.07 Å². The van der Waals surface area contributed by atoms with E-state index in [2.05, 4.69) is 0 Å². The van der Waals surface area contributed by atoms with Gasteiger partial charge in [0.25, 0.3) is 0 Å². The number of hydrogen-bond donors (Lipinski definition) is 1. The normalized spacial score (nSPS) is 11.8. The van der Waals surface area contributed by atoms with Crippen LogP contribution in [0.5, 0.6) is 11.5 Å². The topological polar surface area (TPSA) is 41.9 Å². The predicted octanol–water partition coefficient (Wildman–Crippen LogP) is 2.06. The minimum Gasteiger partial charge on any atom is -0.493 e. The molecule has 20 heavy (non-hydrogen) atoms. The summed E-state index contributed by atoms with van der Waals surface area (Å²) in [5, 5.41) is 8.81. The lowest BCUT2D eigenvalue weighted by molar-refractivity contribution is -0.153. The summed E-state index contributed by atoms with van der Waals surface area (Å²) in [5.41, 5.74) is 0.858. The van der Waals surface area contributed by atoms with Crippen LogP contribution in [0, 0.1) is 0 Å². The molecule has 1 aromatic rings. The highest BCUT2D eigenvalue weighted by Crippen LogP contribution is 2.30. The summed E-state index contributed by atoms with van der Waals surface area (Å²) in [7, 11) is 3.20. The van der Waals surface area contributed by atoms with E-state index in [9.17, 15) is 13.2 Å². The molecule has 0 fully saturated rings. The van der Waals surface area contributed by atoms with Gasteiger partial charge in [0, 0.05) is 13.1 Å². The van der Waals surface area contributed by atoms with E-state index in [0.29, 0.717) is 13.1 Å². The van der Waals surface area contributed by atoms with Crippen molar-refractivity contribution in [3.8, 4) is 11.5 Å². The number of benzene rings is 1. The predicted molar refractivity (Wildman–Crippen MR) is 68.0 cm³/mol. The van der Waals surface area contributed by atoms with Gasteiger partial charge in [0.1, 0.15) is 0 Å². The number of aliphatic hydroxyl groups excluding tert-OH is 1. The maximum atomic E-state index is 12.1. The number of aliphatic hydroxyl groups is 1. The van der Waals surface area contributed by atoms with Crippen molar-refractivity contribution in [3.05, 3.63) is 23.8 Å². The lowest BCUT2D eigenvalue weighted by atomic mass is 10.2. The molecule has 1 rings (SSSR count). The van der Waals surface area contributed by atoms with Crippen LogP contribution in [-0.2, 0) is 6.54 Å². The fraction of sp³-hybridized carbons (Fsp3) is 0.538. The number of likely N-dealkylation sites (N-methyl/N-ethyl adjacent to an activating group) is 1. The van der Waals surface area contributed by atoms with Crippen LogP contribution in [0.3, 0.4) is 0 Å². The molecule has 0 radical (unpaired) electrons. The van der Waals surface area contributed by atoms with Gasteiger partial charge in [-0.05, 0) is 24.7 Å². The Hall–Kier alpha value is -1.47. The molecule has 0 saturated heterocycles. The molecule has 0 aliphatic rings. The highest BCUT2D eigenvalue weighted by atomic mass is 19.4. The fourth-order valence-corrected chi connectivity index (χ4v) is 1.65. The van der Waals surface area contributed by atoms with E-state index in [0.717, 1.165) is 5.56 Å². The van der Waals surface area contributed by atoms with Crippen LogP contribution in [0.25, 0.3) is 0 Å². The highest BCUT2D eigenvalue weighted by Gasteiger charge is 2.29. The van der Waals surface area contributed by atoms with Crippen LogP contribution in [0.4, 0.5) is 13.2 Å². The van der Waals surface area contributed by atoms with Crippen LogP contribution >= 0.6 is 0 Å². The number of alkyl halides is 3. The minimum atomic E-state index is -4.38. The highest BCUT2D eigenvalue weighted by molar-refractivity contribution is 5.43. The maximum Gasteiger partial charge on any atom is 0.422 e. The summed E-state index contributed by atoms with van der Waals surface area (Å²) in [5.74, 6) is 0.308. The van der Waals surface area contributed by atoms with Gasteiger partial charge in [-0.25, -0.2) is 0 Å². The molecule has 0 amide bonds. The second-order valence-electron chi connectivity index (χ2n) is 4.35. The Bertz CT molecular complexity index is 424. The number of methoxy groups -OCH3 is 1. The SMILES string of the molecule is COc1cc(CN(C)CCO)ccc1OCC(F)(F)F. The minimum absolute atomic E-state index is 0.0421. The summed E-state index contributed by atoms with van der Waals surface area (Å²) in [6, 6.07) is 4.74. The molecule has 4 nitrogen and oxygen atoms in total.